The van der Waals surface area contributed by atoms with Crippen LogP contribution in [0.25, 0.3) is 0 Å². The highest BCUT2D eigenvalue weighted by molar-refractivity contribution is 9.10. The van der Waals surface area contributed by atoms with Crippen LogP contribution in [0, 0.1) is 5.82 Å². The number of fused-ring (bicyclic) bond motifs is 1. The molecule has 2 heterocycles. The maximum Gasteiger partial charge on any atom is 0.249 e. The molecular formula is C14H14BrFN2O2. The Labute approximate surface area is 124 Å². The summed E-state index contributed by atoms with van der Waals surface area (Å²) in [6, 6.07) is 4.23. The van der Waals surface area contributed by atoms with Gasteiger partial charge in [0, 0.05) is 25.2 Å². The number of carbonyl (C=O) groups excluding carboxylic acids is 2. The van der Waals surface area contributed by atoms with Crippen molar-refractivity contribution in [3.8, 4) is 0 Å². The normalized spacial score (nSPS) is 23.0. The van der Waals surface area contributed by atoms with Gasteiger partial charge < -0.3 is 9.80 Å². The van der Waals surface area contributed by atoms with Crippen LogP contribution in [0.2, 0.25) is 0 Å². The van der Waals surface area contributed by atoms with Crippen molar-refractivity contribution < 1.29 is 14.0 Å². The summed E-state index contributed by atoms with van der Waals surface area (Å²) in [6.07, 6.45) is 1.84. The lowest BCUT2D eigenvalue weighted by atomic mass is 10.2. The van der Waals surface area contributed by atoms with Gasteiger partial charge in [0.1, 0.15) is 11.9 Å². The van der Waals surface area contributed by atoms with Crippen LogP contribution in [0.4, 0.5) is 10.1 Å². The summed E-state index contributed by atoms with van der Waals surface area (Å²) in [7, 11) is 0. The molecule has 0 aromatic heterocycles. The Morgan fingerprint density at radius 3 is 2.80 bits per heavy atom. The maximum atomic E-state index is 13.6. The quantitative estimate of drug-likeness (QED) is 0.787. The van der Waals surface area contributed by atoms with Gasteiger partial charge in [-0.15, -0.1) is 0 Å². The molecule has 1 aromatic rings. The number of nitrogens with zero attached hydrogens (tertiary/aromatic N) is 2. The Bertz CT molecular complexity index is 578. The number of hydrogen-bond acceptors (Lipinski definition) is 2. The molecule has 0 bridgehead atoms. The Morgan fingerprint density at radius 1 is 1.25 bits per heavy atom. The van der Waals surface area contributed by atoms with E-state index in [1.165, 1.54) is 11.0 Å². The van der Waals surface area contributed by atoms with Crippen LogP contribution in [0.3, 0.4) is 0 Å². The van der Waals surface area contributed by atoms with Crippen molar-refractivity contribution in [3.63, 3.8) is 0 Å². The second-order valence-electron chi connectivity index (χ2n) is 5.08. The van der Waals surface area contributed by atoms with E-state index in [0.717, 1.165) is 6.42 Å². The molecule has 20 heavy (non-hydrogen) atoms. The SMILES string of the molecule is O=C1C2CCCN2C(=O)CCN1c1ccc(Br)c(F)c1. The molecule has 0 spiro atoms. The number of rotatable bonds is 1. The molecule has 2 aliphatic rings. The predicted octanol–water partition coefficient (Wildman–Crippen LogP) is 2.32. The second kappa shape index (κ2) is 5.16. The van der Waals surface area contributed by atoms with Gasteiger partial charge >= 0.3 is 0 Å². The van der Waals surface area contributed by atoms with Gasteiger partial charge in [-0.25, -0.2) is 4.39 Å². The zero-order chi connectivity index (χ0) is 14.3. The van der Waals surface area contributed by atoms with E-state index >= 15 is 0 Å². The van der Waals surface area contributed by atoms with Crippen molar-refractivity contribution in [2.75, 3.05) is 18.0 Å². The molecule has 0 aliphatic carbocycles. The first kappa shape index (κ1) is 13.5. The molecule has 2 amide bonds. The van der Waals surface area contributed by atoms with E-state index in [0.29, 0.717) is 36.1 Å². The number of hydrogen-bond donors (Lipinski definition) is 0. The molecule has 4 nitrogen and oxygen atoms in total. The van der Waals surface area contributed by atoms with Gasteiger partial charge in [0.05, 0.1) is 4.47 Å². The number of carbonyl (C=O) groups is 2. The summed E-state index contributed by atoms with van der Waals surface area (Å²) in [5, 5.41) is 0. The smallest absolute Gasteiger partial charge is 0.249 e. The first-order valence-electron chi connectivity index (χ1n) is 6.64. The molecule has 0 N–H and O–H groups in total. The molecule has 2 fully saturated rings. The second-order valence-corrected chi connectivity index (χ2v) is 5.94. The summed E-state index contributed by atoms with van der Waals surface area (Å²) in [4.78, 5) is 27.8. The van der Waals surface area contributed by atoms with E-state index < -0.39 is 5.82 Å². The zero-order valence-electron chi connectivity index (χ0n) is 10.8. The van der Waals surface area contributed by atoms with Crippen LogP contribution in [-0.4, -0.2) is 35.8 Å². The van der Waals surface area contributed by atoms with Gasteiger partial charge in [0.2, 0.25) is 11.8 Å². The van der Waals surface area contributed by atoms with Gasteiger partial charge in [-0.3, -0.25) is 9.59 Å². The zero-order valence-corrected chi connectivity index (χ0v) is 12.4. The minimum Gasteiger partial charge on any atom is -0.331 e. The van der Waals surface area contributed by atoms with Gasteiger partial charge in [0.25, 0.3) is 0 Å². The molecule has 2 saturated heterocycles. The van der Waals surface area contributed by atoms with Crippen molar-refractivity contribution in [1.29, 1.82) is 0 Å². The molecule has 3 rings (SSSR count). The first-order valence-corrected chi connectivity index (χ1v) is 7.43. The highest BCUT2D eigenvalue weighted by Crippen LogP contribution is 2.28. The fraction of sp³-hybridized carbons (Fsp3) is 0.429. The van der Waals surface area contributed by atoms with Crippen LogP contribution in [-0.2, 0) is 9.59 Å². The Kier molecular flexibility index (Phi) is 3.50. The van der Waals surface area contributed by atoms with E-state index in [1.807, 2.05) is 0 Å². The summed E-state index contributed by atoms with van der Waals surface area (Å²) in [6.45, 7) is 0.962. The van der Waals surface area contributed by atoms with Crippen molar-refractivity contribution in [3.05, 3.63) is 28.5 Å². The minimum atomic E-state index is -0.408. The fourth-order valence-corrected chi connectivity index (χ4v) is 3.12. The average Bonchev–Trinajstić information content (AvgIpc) is 2.87. The lowest BCUT2D eigenvalue weighted by Gasteiger charge is -2.25. The van der Waals surface area contributed by atoms with E-state index in [9.17, 15) is 14.0 Å². The predicted molar refractivity (Wildman–Crippen MR) is 75.8 cm³/mol. The molecule has 0 radical (unpaired) electrons. The largest absolute Gasteiger partial charge is 0.331 e. The van der Waals surface area contributed by atoms with Crippen LogP contribution in [0.1, 0.15) is 19.3 Å². The number of anilines is 1. The summed E-state index contributed by atoms with van der Waals surface area (Å²) < 4.78 is 14.0. The lowest BCUT2D eigenvalue weighted by molar-refractivity contribution is -0.135. The number of halogens is 2. The monoisotopic (exact) mass is 340 g/mol. The van der Waals surface area contributed by atoms with Crippen LogP contribution in [0.5, 0.6) is 0 Å². The summed E-state index contributed by atoms with van der Waals surface area (Å²) in [5.41, 5.74) is 0.511. The highest BCUT2D eigenvalue weighted by atomic mass is 79.9. The van der Waals surface area contributed by atoms with E-state index in [-0.39, 0.29) is 17.9 Å². The summed E-state index contributed by atoms with van der Waals surface area (Å²) >= 11 is 3.10. The lowest BCUT2D eigenvalue weighted by Crippen LogP contribution is -2.43. The van der Waals surface area contributed by atoms with E-state index in [1.54, 1.807) is 17.0 Å². The standard InChI is InChI=1S/C14H14BrFN2O2/c15-10-4-3-9(8-11(10)16)17-7-5-13(19)18-6-1-2-12(18)14(17)20/h3-4,8,12H,1-2,5-7H2. The topological polar surface area (TPSA) is 40.6 Å². The minimum absolute atomic E-state index is 0.0148. The molecule has 0 saturated carbocycles. The van der Waals surface area contributed by atoms with Gasteiger partial charge in [-0.05, 0) is 47.0 Å². The third-order valence-corrected chi connectivity index (χ3v) is 4.53. The maximum absolute atomic E-state index is 13.6. The van der Waals surface area contributed by atoms with E-state index in [2.05, 4.69) is 15.9 Å². The number of benzene rings is 1. The number of amides is 2. The Hall–Kier alpha value is -1.43. The van der Waals surface area contributed by atoms with E-state index in [4.69, 9.17) is 0 Å². The average molecular weight is 341 g/mol. The van der Waals surface area contributed by atoms with Gasteiger partial charge in [-0.2, -0.15) is 0 Å². The van der Waals surface area contributed by atoms with Crippen molar-refractivity contribution in [1.82, 2.24) is 4.90 Å². The molecule has 1 unspecified atom stereocenters. The molecule has 6 heteroatoms. The summed E-state index contributed by atoms with van der Waals surface area (Å²) in [5.74, 6) is -0.495. The Balaban J connectivity index is 1.94. The van der Waals surface area contributed by atoms with Crippen LogP contribution in [0.15, 0.2) is 22.7 Å². The molecular weight excluding hydrogens is 327 g/mol. The third-order valence-electron chi connectivity index (χ3n) is 3.89. The Morgan fingerprint density at radius 2 is 2.05 bits per heavy atom. The third kappa shape index (κ3) is 2.22. The fourth-order valence-electron chi connectivity index (χ4n) is 2.87. The van der Waals surface area contributed by atoms with Crippen molar-refractivity contribution in [2.45, 2.75) is 25.3 Å². The molecule has 1 aromatic carbocycles. The molecule has 1 atom stereocenters. The highest BCUT2D eigenvalue weighted by Gasteiger charge is 2.39. The van der Waals surface area contributed by atoms with Crippen molar-refractivity contribution in [2.24, 2.45) is 0 Å². The first-order chi connectivity index (χ1) is 9.58. The van der Waals surface area contributed by atoms with Crippen molar-refractivity contribution >= 4 is 33.4 Å². The van der Waals surface area contributed by atoms with Gasteiger partial charge in [0.15, 0.2) is 0 Å². The van der Waals surface area contributed by atoms with Crippen LogP contribution >= 0.6 is 15.9 Å². The van der Waals surface area contributed by atoms with Gasteiger partial charge in [-0.1, -0.05) is 0 Å². The molecule has 106 valence electrons. The van der Waals surface area contributed by atoms with Crippen LogP contribution < -0.4 is 4.90 Å². The molecule has 2 aliphatic heterocycles.